The van der Waals surface area contributed by atoms with Gasteiger partial charge in [0.1, 0.15) is 4.88 Å². The lowest BCUT2D eigenvalue weighted by atomic mass is 9.94. The van der Waals surface area contributed by atoms with Crippen molar-refractivity contribution in [1.82, 2.24) is 19.4 Å². The average molecular weight is 435 g/mol. The minimum absolute atomic E-state index is 0.0821. The van der Waals surface area contributed by atoms with E-state index in [1.165, 1.54) is 0 Å². The second kappa shape index (κ2) is 9.39. The summed E-state index contributed by atoms with van der Waals surface area (Å²) < 4.78 is 3.90. The highest BCUT2D eigenvalue weighted by Crippen LogP contribution is 2.24. The van der Waals surface area contributed by atoms with Crippen LogP contribution in [0.2, 0.25) is 0 Å². The highest BCUT2D eigenvalue weighted by molar-refractivity contribution is 7.07. The van der Waals surface area contributed by atoms with Crippen molar-refractivity contribution in [2.24, 2.45) is 5.92 Å². The smallest absolute Gasteiger partial charge is 0.267 e. The molecule has 1 fully saturated rings. The number of benzene rings is 2. The molecule has 6 nitrogen and oxygen atoms in total. The summed E-state index contributed by atoms with van der Waals surface area (Å²) >= 11 is 1.12. The third-order valence-electron chi connectivity index (χ3n) is 5.77. The molecule has 3 aromatic rings. The van der Waals surface area contributed by atoms with Crippen molar-refractivity contribution in [3.8, 4) is 11.1 Å². The molecule has 0 saturated carbocycles. The van der Waals surface area contributed by atoms with Crippen LogP contribution in [0.3, 0.4) is 0 Å². The van der Waals surface area contributed by atoms with Crippen molar-refractivity contribution in [2.75, 3.05) is 26.2 Å². The van der Waals surface area contributed by atoms with Gasteiger partial charge in [-0.2, -0.15) is 0 Å². The Morgan fingerprint density at radius 2 is 1.87 bits per heavy atom. The molecule has 2 aromatic carbocycles. The van der Waals surface area contributed by atoms with E-state index >= 15 is 0 Å². The molecule has 1 aliphatic rings. The van der Waals surface area contributed by atoms with Crippen LogP contribution in [0.25, 0.3) is 11.1 Å². The van der Waals surface area contributed by atoms with E-state index in [2.05, 4.69) is 39.9 Å². The van der Waals surface area contributed by atoms with E-state index in [9.17, 15) is 9.59 Å². The Kier molecular flexibility index (Phi) is 6.42. The zero-order valence-electron chi connectivity index (χ0n) is 17.8. The van der Waals surface area contributed by atoms with Gasteiger partial charge in [-0.05, 0) is 48.5 Å². The fourth-order valence-electron chi connectivity index (χ4n) is 4.06. The summed E-state index contributed by atoms with van der Waals surface area (Å²) in [6, 6.07) is 18.5. The number of hydrogen-bond acceptors (Lipinski definition) is 5. The lowest BCUT2D eigenvalue weighted by molar-refractivity contribution is -0.134. The van der Waals surface area contributed by atoms with Gasteiger partial charge in [0, 0.05) is 26.2 Å². The van der Waals surface area contributed by atoms with Gasteiger partial charge in [-0.15, -0.1) is 5.10 Å². The largest absolute Gasteiger partial charge is 0.341 e. The number of aromatic nitrogens is 2. The zero-order chi connectivity index (χ0) is 21.8. The van der Waals surface area contributed by atoms with Crippen LogP contribution in [-0.4, -0.2) is 57.4 Å². The molecule has 1 atom stereocenters. The Bertz CT molecular complexity index is 1070. The first-order valence-corrected chi connectivity index (χ1v) is 11.4. The standard InChI is InChI=1S/C24H26N4O2S/c1-3-27-12-13-28(24(30)22-17(2)25-26-31-22)16-21(23(27)29)15-18-8-7-11-20(14-18)19-9-5-4-6-10-19/h4-11,14,21H,3,12-13,15-16H2,1-2H3/t21-/m1/s1. The van der Waals surface area contributed by atoms with Crippen molar-refractivity contribution in [2.45, 2.75) is 20.3 Å². The Morgan fingerprint density at radius 1 is 1.10 bits per heavy atom. The topological polar surface area (TPSA) is 66.4 Å². The molecule has 1 aliphatic heterocycles. The van der Waals surface area contributed by atoms with Crippen LogP contribution in [0.4, 0.5) is 0 Å². The number of rotatable bonds is 5. The summed E-state index contributed by atoms with van der Waals surface area (Å²) in [5.74, 6) is -0.248. The third kappa shape index (κ3) is 4.66. The maximum atomic E-state index is 13.2. The molecule has 0 radical (unpaired) electrons. The number of likely N-dealkylation sites (N-methyl/N-ethyl adjacent to an activating group) is 1. The molecule has 0 spiro atoms. The minimum atomic E-state index is -0.279. The van der Waals surface area contributed by atoms with Crippen molar-refractivity contribution in [3.63, 3.8) is 0 Å². The van der Waals surface area contributed by atoms with Gasteiger partial charge in [0.2, 0.25) is 5.91 Å². The van der Waals surface area contributed by atoms with Gasteiger partial charge >= 0.3 is 0 Å². The molecule has 2 heterocycles. The highest BCUT2D eigenvalue weighted by atomic mass is 32.1. The Balaban J connectivity index is 1.58. The lowest BCUT2D eigenvalue weighted by Crippen LogP contribution is -2.37. The Morgan fingerprint density at radius 3 is 2.58 bits per heavy atom. The first-order valence-electron chi connectivity index (χ1n) is 10.6. The molecule has 160 valence electrons. The molecule has 4 rings (SSSR count). The molecule has 31 heavy (non-hydrogen) atoms. The molecule has 0 bridgehead atoms. The summed E-state index contributed by atoms with van der Waals surface area (Å²) in [5, 5.41) is 3.97. The fraction of sp³-hybridized carbons (Fsp3) is 0.333. The summed E-state index contributed by atoms with van der Waals surface area (Å²) in [7, 11) is 0. The second-order valence-corrected chi connectivity index (χ2v) is 8.58. The molecule has 0 aliphatic carbocycles. The average Bonchev–Trinajstić information content (AvgIpc) is 3.16. The number of aryl methyl sites for hydroxylation is 1. The van der Waals surface area contributed by atoms with Gasteiger partial charge in [0.25, 0.3) is 5.91 Å². The van der Waals surface area contributed by atoms with Crippen LogP contribution in [-0.2, 0) is 11.2 Å². The van der Waals surface area contributed by atoms with E-state index in [-0.39, 0.29) is 17.7 Å². The maximum Gasteiger partial charge on any atom is 0.267 e. The van der Waals surface area contributed by atoms with E-state index in [1.807, 2.05) is 36.1 Å². The quantitative estimate of drug-likeness (QED) is 0.614. The SMILES string of the molecule is CCN1CCN(C(=O)c2snnc2C)C[C@@H](Cc2cccc(-c3ccccc3)c2)C1=O. The lowest BCUT2D eigenvalue weighted by Gasteiger charge is -2.23. The fourth-order valence-corrected chi connectivity index (χ4v) is 4.68. The molecule has 1 aromatic heterocycles. The first-order chi connectivity index (χ1) is 15.1. The van der Waals surface area contributed by atoms with Gasteiger partial charge in [-0.3, -0.25) is 9.59 Å². The molecule has 7 heteroatoms. The van der Waals surface area contributed by atoms with Gasteiger partial charge in [-0.1, -0.05) is 59.1 Å². The molecule has 2 amide bonds. The first kappa shape index (κ1) is 21.2. The van der Waals surface area contributed by atoms with Crippen molar-refractivity contribution in [3.05, 3.63) is 70.7 Å². The molecular weight excluding hydrogens is 408 g/mol. The van der Waals surface area contributed by atoms with Crippen LogP contribution in [0.15, 0.2) is 54.6 Å². The van der Waals surface area contributed by atoms with Gasteiger partial charge in [0.05, 0.1) is 11.6 Å². The minimum Gasteiger partial charge on any atom is -0.341 e. The normalized spacial score (nSPS) is 17.0. The highest BCUT2D eigenvalue weighted by Gasteiger charge is 2.33. The van der Waals surface area contributed by atoms with E-state index in [0.717, 1.165) is 28.2 Å². The summed E-state index contributed by atoms with van der Waals surface area (Å²) in [6.45, 7) is 5.90. The van der Waals surface area contributed by atoms with Gasteiger partial charge < -0.3 is 9.80 Å². The van der Waals surface area contributed by atoms with E-state index in [4.69, 9.17) is 0 Å². The second-order valence-electron chi connectivity index (χ2n) is 7.82. The molecular formula is C24H26N4O2S. The summed E-state index contributed by atoms with van der Waals surface area (Å²) in [6.07, 6.45) is 0.597. The van der Waals surface area contributed by atoms with Gasteiger partial charge in [-0.25, -0.2) is 0 Å². The number of nitrogens with zero attached hydrogens (tertiary/aromatic N) is 4. The maximum absolute atomic E-state index is 13.2. The molecule has 0 unspecified atom stereocenters. The Hall–Kier alpha value is -3.06. The van der Waals surface area contributed by atoms with Crippen molar-refractivity contribution in [1.29, 1.82) is 0 Å². The van der Waals surface area contributed by atoms with Crippen LogP contribution < -0.4 is 0 Å². The predicted octanol–water partition coefficient (Wildman–Crippen LogP) is 3.68. The monoisotopic (exact) mass is 434 g/mol. The third-order valence-corrected chi connectivity index (χ3v) is 6.59. The number of amides is 2. The number of carbonyl (C=O) groups excluding carboxylic acids is 2. The Labute approximate surface area is 186 Å². The van der Waals surface area contributed by atoms with Crippen molar-refractivity contribution >= 4 is 23.3 Å². The summed E-state index contributed by atoms with van der Waals surface area (Å²) in [4.78, 5) is 30.5. The van der Waals surface area contributed by atoms with E-state index in [0.29, 0.717) is 43.2 Å². The number of hydrogen-bond donors (Lipinski definition) is 0. The number of carbonyl (C=O) groups is 2. The van der Waals surface area contributed by atoms with Crippen LogP contribution in [0, 0.1) is 12.8 Å². The van der Waals surface area contributed by atoms with E-state index in [1.54, 1.807) is 11.8 Å². The molecule has 0 N–H and O–H groups in total. The zero-order valence-corrected chi connectivity index (χ0v) is 18.6. The van der Waals surface area contributed by atoms with Crippen molar-refractivity contribution < 1.29 is 9.59 Å². The molecule has 1 saturated heterocycles. The predicted molar refractivity (Wildman–Crippen MR) is 122 cm³/mol. The van der Waals surface area contributed by atoms with Crippen LogP contribution in [0.5, 0.6) is 0 Å². The summed E-state index contributed by atoms with van der Waals surface area (Å²) in [5.41, 5.74) is 4.02. The van der Waals surface area contributed by atoms with Crippen LogP contribution in [0.1, 0.15) is 27.9 Å². The van der Waals surface area contributed by atoms with Crippen LogP contribution >= 0.6 is 11.5 Å². The van der Waals surface area contributed by atoms with E-state index < -0.39 is 0 Å². The van der Waals surface area contributed by atoms with Gasteiger partial charge in [0.15, 0.2) is 0 Å².